The lowest BCUT2D eigenvalue weighted by Gasteiger charge is -2.33. The molecule has 0 aliphatic carbocycles. The van der Waals surface area contributed by atoms with Gasteiger partial charge < -0.3 is 10.2 Å². The molecule has 0 aromatic carbocycles. The maximum atomic E-state index is 12.5. The van der Waals surface area contributed by atoms with E-state index in [1.807, 2.05) is 0 Å². The number of nitrogens with zero attached hydrogens (tertiary/aromatic N) is 1. The van der Waals surface area contributed by atoms with Gasteiger partial charge in [0.25, 0.3) is 0 Å². The van der Waals surface area contributed by atoms with Gasteiger partial charge in [-0.25, -0.2) is 0 Å². The molecule has 2 N–H and O–H groups in total. The molecule has 0 aromatic heterocycles. The number of hydrogen-bond donors (Lipinski definition) is 2. The first-order chi connectivity index (χ1) is 8.34. The lowest BCUT2D eigenvalue weighted by molar-refractivity contribution is -0.183. The van der Waals surface area contributed by atoms with Crippen molar-refractivity contribution < 1.29 is 13.2 Å². The minimum absolute atomic E-state index is 0.0631. The molecule has 6 heteroatoms. The molecule has 1 fully saturated rings. The standard InChI is InChI=1S/C12H18F3N3/c1-3-17-9(2)8-11(16)18-6-4-10(5-7-18)12(13,14)15/h3,8,10,16-17H,1,4-7H2,2H3. The monoisotopic (exact) mass is 261 g/mol. The summed E-state index contributed by atoms with van der Waals surface area (Å²) in [6, 6.07) is 0. The van der Waals surface area contributed by atoms with Crippen LogP contribution < -0.4 is 5.32 Å². The summed E-state index contributed by atoms with van der Waals surface area (Å²) in [6.45, 7) is 5.83. The number of allylic oxidation sites excluding steroid dienone is 1. The average molecular weight is 261 g/mol. The van der Waals surface area contributed by atoms with E-state index in [9.17, 15) is 13.2 Å². The first-order valence-electron chi connectivity index (χ1n) is 5.80. The van der Waals surface area contributed by atoms with E-state index in [1.54, 1.807) is 17.9 Å². The van der Waals surface area contributed by atoms with Gasteiger partial charge in [0.2, 0.25) is 0 Å². The van der Waals surface area contributed by atoms with Crippen molar-refractivity contribution in [3.8, 4) is 0 Å². The summed E-state index contributed by atoms with van der Waals surface area (Å²) >= 11 is 0. The van der Waals surface area contributed by atoms with Crippen molar-refractivity contribution in [3.05, 3.63) is 24.6 Å². The Morgan fingerprint density at radius 3 is 2.39 bits per heavy atom. The molecule has 102 valence electrons. The molecule has 0 amide bonds. The van der Waals surface area contributed by atoms with E-state index in [1.165, 1.54) is 6.20 Å². The van der Waals surface area contributed by atoms with Crippen molar-refractivity contribution in [2.45, 2.75) is 25.9 Å². The van der Waals surface area contributed by atoms with E-state index in [2.05, 4.69) is 11.9 Å². The maximum absolute atomic E-state index is 12.5. The molecule has 0 unspecified atom stereocenters. The molecule has 1 saturated heterocycles. The number of piperidine rings is 1. The van der Waals surface area contributed by atoms with E-state index in [4.69, 9.17) is 5.41 Å². The first-order valence-corrected chi connectivity index (χ1v) is 5.80. The van der Waals surface area contributed by atoms with Crippen LogP contribution in [0.4, 0.5) is 13.2 Å². The van der Waals surface area contributed by atoms with Crippen molar-refractivity contribution in [3.63, 3.8) is 0 Å². The number of halogens is 3. The fourth-order valence-corrected chi connectivity index (χ4v) is 1.95. The third-order valence-electron chi connectivity index (χ3n) is 2.98. The Labute approximate surface area is 105 Å². The second-order valence-electron chi connectivity index (χ2n) is 4.36. The van der Waals surface area contributed by atoms with Gasteiger partial charge >= 0.3 is 6.18 Å². The fourth-order valence-electron chi connectivity index (χ4n) is 1.95. The quantitative estimate of drug-likeness (QED) is 0.605. The van der Waals surface area contributed by atoms with Crippen LogP contribution in [0.1, 0.15) is 19.8 Å². The summed E-state index contributed by atoms with van der Waals surface area (Å²) in [5.74, 6) is -0.986. The summed E-state index contributed by atoms with van der Waals surface area (Å²) in [6.07, 6.45) is -0.893. The summed E-state index contributed by atoms with van der Waals surface area (Å²) in [7, 11) is 0. The number of alkyl halides is 3. The third kappa shape index (κ3) is 4.09. The predicted molar refractivity (Wildman–Crippen MR) is 65.2 cm³/mol. The Bertz CT molecular complexity index is 339. The molecule has 1 aliphatic heterocycles. The zero-order valence-corrected chi connectivity index (χ0v) is 10.3. The second kappa shape index (κ2) is 5.93. The maximum Gasteiger partial charge on any atom is 0.391 e. The van der Waals surface area contributed by atoms with Crippen molar-refractivity contribution in [2.75, 3.05) is 13.1 Å². The van der Waals surface area contributed by atoms with Crippen LogP contribution in [0.5, 0.6) is 0 Å². The van der Waals surface area contributed by atoms with Crippen LogP contribution in [0.15, 0.2) is 24.6 Å². The SMILES string of the molecule is C=CNC(C)=CC(=N)N1CCC(C(F)(F)F)CC1. The van der Waals surface area contributed by atoms with Crippen LogP contribution in [0, 0.1) is 11.3 Å². The van der Waals surface area contributed by atoms with E-state index in [0.717, 1.165) is 5.70 Å². The van der Waals surface area contributed by atoms with Gasteiger partial charge in [-0.15, -0.1) is 0 Å². The van der Waals surface area contributed by atoms with Crippen molar-refractivity contribution in [1.29, 1.82) is 5.41 Å². The molecule has 18 heavy (non-hydrogen) atoms. The molecular weight excluding hydrogens is 243 g/mol. The molecular formula is C12H18F3N3. The number of rotatable bonds is 3. The van der Waals surface area contributed by atoms with Gasteiger partial charge in [0.15, 0.2) is 0 Å². The summed E-state index contributed by atoms with van der Waals surface area (Å²) < 4.78 is 37.4. The highest BCUT2D eigenvalue weighted by Gasteiger charge is 2.41. The van der Waals surface area contributed by atoms with Gasteiger partial charge in [0.1, 0.15) is 5.84 Å². The smallest absolute Gasteiger partial charge is 0.366 e. The minimum Gasteiger partial charge on any atom is -0.366 e. The minimum atomic E-state index is -4.11. The van der Waals surface area contributed by atoms with Gasteiger partial charge in [-0.2, -0.15) is 13.2 Å². The van der Waals surface area contributed by atoms with E-state index < -0.39 is 12.1 Å². The normalized spacial score (nSPS) is 18.7. The van der Waals surface area contributed by atoms with E-state index in [-0.39, 0.29) is 31.8 Å². The Kier molecular flexibility index (Phi) is 4.81. The largest absolute Gasteiger partial charge is 0.391 e. The molecule has 3 nitrogen and oxygen atoms in total. The molecule has 0 spiro atoms. The summed E-state index contributed by atoms with van der Waals surface area (Å²) in [4.78, 5) is 1.66. The molecule has 1 rings (SSSR count). The Morgan fingerprint density at radius 1 is 1.39 bits per heavy atom. The molecule has 0 radical (unpaired) electrons. The average Bonchev–Trinajstić information content (AvgIpc) is 2.28. The van der Waals surface area contributed by atoms with Gasteiger partial charge in [-0.3, -0.25) is 5.41 Å². The Balaban J connectivity index is 2.50. The number of nitrogens with one attached hydrogen (secondary N) is 2. The highest BCUT2D eigenvalue weighted by Crippen LogP contribution is 2.34. The van der Waals surface area contributed by atoms with Crippen LogP contribution in [-0.4, -0.2) is 30.0 Å². The molecule has 1 aliphatic rings. The summed E-state index contributed by atoms with van der Waals surface area (Å²) in [5, 5.41) is 10.6. The van der Waals surface area contributed by atoms with Gasteiger partial charge in [-0.05, 0) is 32.0 Å². The molecule has 1 heterocycles. The molecule has 0 bridgehead atoms. The van der Waals surface area contributed by atoms with E-state index >= 15 is 0 Å². The van der Waals surface area contributed by atoms with Gasteiger partial charge in [-0.1, -0.05) is 6.58 Å². The van der Waals surface area contributed by atoms with Crippen molar-refractivity contribution in [2.24, 2.45) is 5.92 Å². The van der Waals surface area contributed by atoms with E-state index in [0.29, 0.717) is 0 Å². The second-order valence-corrected chi connectivity index (χ2v) is 4.36. The highest BCUT2D eigenvalue weighted by molar-refractivity contribution is 5.90. The van der Waals surface area contributed by atoms with Crippen molar-refractivity contribution >= 4 is 5.84 Å². The van der Waals surface area contributed by atoms with Crippen LogP contribution in [0.2, 0.25) is 0 Å². The van der Waals surface area contributed by atoms with Crippen LogP contribution in [0.25, 0.3) is 0 Å². The molecule has 0 atom stereocenters. The molecule has 0 saturated carbocycles. The Morgan fingerprint density at radius 2 is 1.94 bits per heavy atom. The van der Waals surface area contributed by atoms with Crippen LogP contribution >= 0.6 is 0 Å². The topological polar surface area (TPSA) is 39.1 Å². The zero-order valence-electron chi connectivity index (χ0n) is 10.3. The summed E-state index contributed by atoms with van der Waals surface area (Å²) in [5.41, 5.74) is 0.743. The van der Waals surface area contributed by atoms with Gasteiger partial charge in [0, 0.05) is 18.8 Å². The van der Waals surface area contributed by atoms with Crippen molar-refractivity contribution in [1.82, 2.24) is 10.2 Å². The lowest BCUT2D eigenvalue weighted by Crippen LogP contribution is -2.41. The zero-order chi connectivity index (χ0) is 13.8. The van der Waals surface area contributed by atoms with Crippen LogP contribution in [-0.2, 0) is 0 Å². The van der Waals surface area contributed by atoms with Gasteiger partial charge in [0.05, 0.1) is 5.92 Å². The van der Waals surface area contributed by atoms with Crippen LogP contribution in [0.3, 0.4) is 0 Å². The lowest BCUT2D eigenvalue weighted by atomic mass is 9.96. The Hall–Kier alpha value is -1.46. The number of amidine groups is 1. The predicted octanol–water partition coefficient (Wildman–Crippen LogP) is 2.87. The first kappa shape index (κ1) is 14.6. The number of likely N-dealkylation sites (tertiary alicyclic amines) is 1. The fraction of sp³-hybridized carbons (Fsp3) is 0.583. The highest BCUT2D eigenvalue weighted by atomic mass is 19.4. The third-order valence-corrected chi connectivity index (χ3v) is 2.98. The molecule has 0 aromatic rings. The number of hydrogen-bond acceptors (Lipinski definition) is 2.